The van der Waals surface area contributed by atoms with Crippen molar-refractivity contribution >= 4 is 64.2 Å². The number of aromatic carboxylic acids is 1. The third-order valence-electron chi connectivity index (χ3n) is 23.8. The highest BCUT2D eigenvalue weighted by Crippen LogP contribution is 2.44. The molecule has 0 unspecified atom stereocenters. The van der Waals surface area contributed by atoms with Gasteiger partial charge in [-0.2, -0.15) is 5.26 Å². The molecule has 3 fully saturated rings. The zero-order valence-electron chi connectivity index (χ0n) is 72.7. The van der Waals surface area contributed by atoms with E-state index in [0.29, 0.717) is 92.3 Å². The lowest BCUT2D eigenvalue weighted by Crippen LogP contribution is -2.46. The molecule has 4 bridgehead atoms. The maximum absolute atomic E-state index is 14.8. The molecule has 1 saturated heterocycles. The first-order chi connectivity index (χ1) is 59.0. The quantitative estimate of drug-likeness (QED) is 0.0201. The number of amides is 2. The number of ether oxygens (including phenoxy) is 3. The van der Waals surface area contributed by atoms with E-state index >= 15 is 0 Å². The van der Waals surface area contributed by atoms with Gasteiger partial charge in [-0.05, 0) is 202 Å². The molecule has 2 amide bonds. The number of rotatable bonds is 25. The van der Waals surface area contributed by atoms with Crippen LogP contribution in [0.3, 0.4) is 0 Å². The van der Waals surface area contributed by atoms with Crippen molar-refractivity contribution in [3.05, 3.63) is 200 Å². The van der Waals surface area contributed by atoms with E-state index in [1.807, 2.05) is 60.7 Å². The van der Waals surface area contributed by atoms with Crippen LogP contribution in [-0.4, -0.2) is 152 Å². The Hall–Kier alpha value is -10.6. The summed E-state index contributed by atoms with van der Waals surface area (Å²) in [6.45, 7) is 18.2. The van der Waals surface area contributed by atoms with Crippen LogP contribution in [0.5, 0.6) is 11.5 Å². The monoisotopic (exact) mass is 1740 g/mol. The molecule has 5 aromatic carbocycles. The van der Waals surface area contributed by atoms with Crippen LogP contribution >= 0.6 is 15.9 Å². The number of hydrogen-bond acceptors (Lipinski definition) is 22. The van der Waals surface area contributed by atoms with E-state index in [1.165, 1.54) is 131 Å². The summed E-state index contributed by atoms with van der Waals surface area (Å²) in [7, 11) is 1.41. The molecule has 25 nitrogen and oxygen atoms in total. The van der Waals surface area contributed by atoms with E-state index in [2.05, 4.69) is 104 Å². The molecule has 5 aliphatic rings. The van der Waals surface area contributed by atoms with Gasteiger partial charge in [-0.25, -0.2) is 39.5 Å². The lowest BCUT2D eigenvalue weighted by Gasteiger charge is -2.32. The number of benzene rings is 5. The summed E-state index contributed by atoms with van der Waals surface area (Å²) in [5.74, 6) is -1.58. The lowest BCUT2D eigenvalue weighted by atomic mass is 9.73. The Balaban J connectivity index is 0.000000224. The van der Waals surface area contributed by atoms with Crippen molar-refractivity contribution in [2.75, 3.05) is 46.5 Å². The van der Waals surface area contributed by atoms with Crippen molar-refractivity contribution in [1.82, 2.24) is 40.1 Å². The Labute approximate surface area is 731 Å². The van der Waals surface area contributed by atoms with Crippen LogP contribution in [0.25, 0.3) is 45.3 Å². The zero-order valence-corrected chi connectivity index (χ0v) is 74.2. The summed E-state index contributed by atoms with van der Waals surface area (Å²) < 4.78 is 30.2. The van der Waals surface area contributed by atoms with Crippen molar-refractivity contribution in [3.8, 4) is 62.9 Å². The number of aryl methyl sites for hydroxylation is 3. The number of carbonyl (C=O) groups excluding carboxylic acids is 6. The van der Waals surface area contributed by atoms with Crippen molar-refractivity contribution < 1.29 is 62.2 Å². The number of esters is 1. The molecule has 27 heteroatoms. The second-order valence-corrected chi connectivity index (χ2v) is 34.1. The summed E-state index contributed by atoms with van der Waals surface area (Å²) in [6, 6.07) is 34.7. The molecule has 5 heterocycles. The first kappa shape index (κ1) is 94.7. The fraction of sp³-hybridized carbons (Fsp3) is 0.458. The number of likely N-dealkylation sites (N-methyl/N-ethyl adjacent to an activating group) is 1. The van der Waals surface area contributed by atoms with Gasteiger partial charge in [0.1, 0.15) is 30.8 Å². The number of allylic oxidation sites excluding steroid dienone is 2. The van der Waals surface area contributed by atoms with E-state index in [0.717, 1.165) is 27.6 Å². The summed E-state index contributed by atoms with van der Waals surface area (Å²) in [4.78, 5) is 121. The third-order valence-corrected chi connectivity index (χ3v) is 24.3. The van der Waals surface area contributed by atoms with Crippen molar-refractivity contribution in [2.45, 2.75) is 226 Å². The van der Waals surface area contributed by atoms with Gasteiger partial charge in [-0.3, -0.25) is 24.0 Å². The molecule has 8 aromatic rings. The fourth-order valence-electron chi connectivity index (χ4n) is 16.0. The van der Waals surface area contributed by atoms with Gasteiger partial charge in [0.25, 0.3) is 0 Å². The fourth-order valence-corrected chi connectivity index (χ4v) is 16.3. The van der Waals surface area contributed by atoms with Crippen molar-refractivity contribution in [1.29, 1.82) is 5.26 Å². The van der Waals surface area contributed by atoms with Gasteiger partial charge >= 0.3 is 19.1 Å². The number of nitrogens with one attached hydrogen (secondary N) is 1. The van der Waals surface area contributed by atoms with Crippen LogP contribution in [0.15, 0.2) is 144 Å². The minimum absolute atomic E-state index is 0.0291. The SMILES string of the molecule is CC1(C)OB(C2=CCCCC2)OC1(C)C.CCOC(=O)c1cnc(-c2ccc(Br)cc2)nc1C.Cc1nc(-c2ccc(C3CCCCC3)cc2)ncc1C(=O)C[C@@H](CCN)C(=O)N(C)[C@@H]1C(=O)C[C@@H](C)C(=O)N[C@H](C(=O)CCC#N)Cc2ccc(OCCN)c(c2)-c2cc1ccc2OCCN.Cc1nc(-c2ccc(C3CCCCC3)cc2)ncc1C(=O)O. The Morgan fingerprint density at radius 3 is 1.63 bits per heavy atom. The van der Waals surface area contributed by atoms with E-state index in [1.54, 1.807) is 65.0 Å². The molecule has 123 heavy (non-hydrogen) atoms. The molecule has 4 atom stereocenters. The van der Waals surface area contributed by atoms with Crippen LogP contribution in [0.2, 0.25) is 0 Å². The van der Waals surface area contributed by atoms with Gasteiger partial charge in [0.05, 0.1) is 63.7 Å². The van der Waals surface area contributed by atoms with Gasteiger partial charge in [-0.15, -0.1) is 0 Å². The number of carbonyl (C=O) groups is 7. The molecular weight excluding hydrogens is 1620 g/mol. The molecule has 0 spiro atoms. The number of ketones is 3. The molecule has 13 rings (SSSR count). The predicted octanol–water partition coefficient (Wildman–Crippen LogP) is 16.8. The topological polar surface area (TPSA) is 380 Å². The number of hydrogen-bond donors (Lipinski definition) is 5. The molecule has 8 N–H and O–H groups in total. The molecule has 3 aliphatic carbocycles. The number of halogens is 1. The lowest BCUT2D eigenvalue weighted by molar-refractivity contribution is -0.142. The molecular formula is C96H118BBrN12O13. The van der Waals surface area contributed by atoms with Crippen LogP contribution in [0, 0.1) is 43.9 Å². The number of nitrogens with two attached hydrogens (primary N) is 3. The number of aromatic nitrogens is 6. The number of nitriles is 1. The minimum Gasteiger partial charge on any atom is -0.492 e. The molecule has 3 aromatic heterocycles. The number of nitrogens with zero attached hydrogens (tertiary/aromatic N) is 8. The van der Waals surface area contributed by atoms with E-state index < -0.39 is 47.5 Å². The van der Waals surface area contributed by atoms with Gasteiger partial charge in [0.2, 0.25) is 11.8 Å². The van der Waals surface area contributed by atoms with Crippen molar-refractivity contribution in [2.24, 2.45) is 29.0 Å². The highest BCUT2D eigenvalue weighted by atomic mass is 79.9. The smallest absolute Gasteiger partial charge is 0.490 e. The Kier molecular flexibility index (Phi) is 34.8. The Morgan fingerprint density at radius 1 is 0.650 bits per heavy atom. The van der Waals surface area contributed by atoms with E-state index in [9.17, 15) is 38.8 Å². The van der Waals surface area contributed by atoms with E-state index in [-0.39, 0.29) is 118 Å². The summed E-state index contributed by atoms with van der Waals surface area (Å²) in [5, 5.41) is 21.1. The second-order valence-electron chi connectivity index (χ2n) is 33.2. The van der Waals surface area contributed by atoms with Crippen LogP contribution in [0.4, 0.5) is 0 Å². The highest BCUT2D eigenvalue weighted by Gasteiger charge is 2.52. The Bertz CT molecular complexity index is 5050. The number of carboxylic acid groups (broad SMARTS) is 1. The first-order valence-electron chi connectivity index (χ1n) is 43.1. The standard InChI is InChI=1S/C52H64N8O7.C18H20N2O2.C14H13BrN2O2.C12H21BO2/c1-32-26-46(63)49(60(3)52(65)39(19-21-54)30-45(62)42-31-57-50(58-33(42)2)37-14-12-36(13-15-37)35-8-5-4-6-9-35)38-16-18-48(67-25-23-56)41(29-38)40-27-34(11-17-47(40)66-24-22-55)28-43(59-51(32)64)44(61)10-7-20-53;1-12-16(18(21)22)11-19-17(20-12)15-9-7-14(8-10-15)13-5-3-2-4-6-13;1-3-19-14(18)12-8-16-13(17-9(12)2)10-4-6-11(15)7-5-10;1-11(2)12(3,4)15-13(14-11)10-8-6-5-7-9-10/h11-18,27,29,31-32,35,39,43,49H,4-10,19,21-26,28,30,54-56H2,1-3H3,(H,59,64);7-11,13H,2-6H2,1H3,(H,21,22);4-8H,3H2,1-2H3;8H,5-7,9H2,1-4H3/t32-,39-,43+,49+;;;/m1.../s1. The van der Waals surface area contributed by atoms with Gasteiger partial charge < -0.3 is 56.0 Å². The summed E-state index contributed by atoms with van der Waals surface area (Å²) in [6.07, 6.45) is 24.0. The first-order valence-corrected chi connectivity index (χ1v) is 43.9. The van der Waals surface area contributed by atoms with Crippen LogP contribution in [-0.2, 0) is 39.6 Å². The maximum atomic E-state index is 14.8. The second kappa shape index (κ2) is 45.2. The molecule has 650 valence electrons. The average Bonchev–Trinajstić information content (AvgIpc) is 1.61. The number of Topliss-reactive ketones (excluding diaryl/α,β-unsaturated/α-hetero) is 3. The zero-order chi connectivity index (χ0) is 88.5. The van der Waals surface area contributed by atoms with E-state index in [4.69, 9.17) is 50.8 Å². The Morgan fingerprint density at radius 2 is 1.15 bits per heavy atom. The predicted molar refractivity (Wildman–Crippen MR) is 478 cm³/mol. The van der Waals surface area contributed by atoms with Gasteiger partial charge in [-0.1, -0.05) is 140 Å². The number of carboxylic acids is 1. The highest BCUT2D eigenvalue weighted by molar-refractivity contribution is 9.10. The van der Waals surface area contributed by atoms with Crippen molar-refractivity contribution in [3.63, 3.8) is 0 Å². The number of fused-ring (bicyclic) bond motifs is 5. The van der Waals surface area contributed by atoms with Crippen LogP contribution < -0.4 is 32.0 Å². The minimum atomic E-state index is -1.23. The van der Waals surface area contributed by atoms with Gasteiger partial charge in [0, 0.05) is 109 Å². The molecule has 0 radical (unpaired) electrons. The normalized spacial score (nSPS) is 17.8. The average molecular weight is 1740 g/mol. The summed E-state index contributed by atoms with van der Waals surface area (Å²) in [5.41, 5.74) is 28.7. The third kappa shape index (κ3) is 25.3. The van der Waals surface area contributed by atoms with Gasteiger partial charge in [0.15, 0.2) is 34.8 Å². The maximum Gasteiger partial charge on any atom is 0.490 e. The summed E-state index contributed by atoms with van der Waals surface area (Å²) >= 11 is 3.38. The van der Waals surface area contributed by atoms with Crippen LogP contribution in [0.1, 0.15) is 252 Å². The molecule has 2 saturated carbocycles. The molecule has 2 aliphatic heterocycles. The largest absolute Gasteiger partial charge is 0.492 e.